The normalized spacial score (nSPS) is 15.8. The number of rotatable bonds is 4. The molecule has 1 heterocycles. The van der Waals surface area contributed by atoms with E-state index in [1.54, 1.807) is 26.0 Å². The minimum atomic E-state index is -1.07. The number of benzene rings is 2. The van der Waals surface area contributed by atoms with Crippen LogP contribution in [0.2, 0.25) is 0 Å². The Kier molecular flexibility index (Phi) is 4.66. The van der Waals surface area contributed by atoms with E-state index < -0.39 is 5.91 Å². The zero-order valence-corrected chi connectivity index (χ0v) is 16.1. The van der Waals surface area contributed by atoms with Crippen LogP contribution in [0.3, 0.4) is 0 Å². The molecule has 0 aliphatic carbocycles. The van der Waals surface area contributed by atoms with Gasteiger partial charge in [-0.15, -0.1) is 0 Å². The Bertz CT molecular complexity index is 790. The van der Waals surface area contributed by atoms with E-state index in [9.17, 15) is 0 Å². The molecule has 0 amide bonds. The van der Waals surface area contributed by atoms with Crippen LogP contribution in [0.4, 0.5) is 0 Å². The number of methoxy groups -OCH3 is 2. The highest BCUT2D eigenvalue weighted by Crippen LogP contribution is 2.37. The second kappa shape index (κ2) is 6.48. The van der Waals surface area contributed by atoms with Crippen molar-refractivity contribution in [2.45, 2.75) is 41.9 Å². The lowest BCUT2D eigenvalue weighted by molar-refractivity contribution is -0.223. The van der Waals surface area contributed by atoms with Crippen molar-refractivity contribution >= 4 is 17.6 Å². The van der Waals surface area contributed by atoms with Crippen LogP contribution < -0.4 is 5.32 Å². The van der Waals surface area contributed by atoms with Crippen molar-refractivity contribution in [1.82, 2.24) is 5.32 Å². The summed E-state index contributed by atoms with van der Waals surface area (Å²) in [7, 11) is 3.14. The number of fused-ring (bicyclic) bond motifs is 1. The molecule has 3 rings (SSSR count). The Labute approximate surface area is 153 Å². The maximum Gasteiger partial charge on any atom is 0.279 e. The molecule has 0 atom stereocenters. The van der Waals surface area contributed by atoms with Gasteiger partial charge in [0.15, 0.2) is 0 Å². The lowest BCUT2D eigenvalue weighted by Gasteiger charge is -2.26. The fourth-order valence-corrected chi connectivity index (χ4v) is 3.80. The molecule has 2 aromatic rings. The van der Waals surface area contributed by atoms with Gasteiger partial charge in [-0.25, -0.2) is 0 Å². The van der Waals surface area contributed by atoms with Crippen LogP contribution in [-0.2, 0) is 20.8 Å². The van der Waals surface area contributed by atoms with Crippen molar-refractivity contribution < 1.29 is 9.47 Å². The minimum absolute atomic E-state index is 0.154. The Balaban J connectivity index is 1.86. The zero-order valence-electron chi connectivity index (χ0n) is 15.3. The summed E-state index contributed by atoms with van der Waals surface area (Å²) >= 11 is 1.68. The molecule has 0 saturated carbocycles. The number of hydrogen-bond donors (Lipinski definition) is 2. The summed E-state index contributed by atoms with van der Waals surface area (Å²) < 4.78 is 10.9. The fourth-order valence-electron chi connectivity index (χ4n) is 2.94. The van der Waals surface area contributed by atoms with Crippen molar-refractivity contribution in [2.24, 2.45) is 0 Å². The molecule has 0 spiro atoms. The summed E-state index contributed by atoms with van der Waals surface area (Å²) in [5.74, 6) is -0.756. The molecule has 0 aromatic heterocycles. The smallest absolute Gasteiger partial charge is 0.279 e. The molecule has 1 aliphatic heterocycles. The van der Waals surface area contributed by atoms with Gasteiger partial charge >= 0.3 is 0 Å². The third-order valence-corrected chi connectivity index (χ3v) is 5.43. The van der Waals surface area contributed by atoms with Crippen molar-refractivity contribution in [2.75, 3.05) is 14.2 Å². The maximum atomic E-state index is 8.19. The van der Waals surface area contributed by atoms with Crippen molar-refractivity contribution in [3.63, 3.8) is 0 Å². The fraction of sp³-hybridized carbons (Fsp3) is 0.350. The third kappa shape index (κ3) is 3.32. The van der Waals surface area contributed by atoms with Crippen LogP contribution in [0.25, 0.3) is 0 Å². The molecule has 0 unspecified atom stereocenters. The maximum absolute atomic E-state index is 8.19. The van der Waals surface area contributed by atoms with Crippen LogP contribution >= 0.6 is 11.8 Å². The molecule has 1 aliphatic rings. The number of amidine groups is 1. The topological polar surface area (TPSA) is 54.3 Å². The summed E-state index contributed by atoms with van der Waals surface area (Å²) in [4.78, 5) is 2.26. The highest BCUT2D eigenvalue weighted by atomic mass is 32.2. The van der Waals surface area contributed by atoms with Crippen molar-refractivity contribution in [3.05, 3.63) is 59.2 Å². The quantitative estimate of drug-likeness (QED) is 0.794. The summed E-state index contributed by atoms with van der Waals surface area (Å²) in [6, 6.07) is 14.7. The van der Waals surface area contributed by atoms with Gasteiger partial charge in [-0.2, -0.15) is 0 Å². The second-order valence-corrected chi connectivity index (χ2v) is 8.26. The van der Waals surface area contributed by atoms with Crippen LogP contribution in [0.15, 0.2) is 52.3 Å². The van der Waals surface area contributed by atoms with E-state index in [1.165, 1.54) is 10.5 Å². The van der Waals surface area contributed by atoms with Crippen LogP contribution in [-0.4, -0.2) is 20.1 Å². The first kappa shape index (κ1) is 18.0. The second-order valence-electron chi connectivity index (χ2n) is 7.11. The van der Waals surface area contributed by atoms with Gasteiger partial charge in [-0.1, -0.05) is 44.7 Å². The van der Waals surface area contributed by atoms with E-state index in [0.29, 0.717) is 5.84 Å². The predicted octanol–water partition coefficient (Wildman–Crippen LogP) is 4.47. The third-order valence-electron chi connectivity index (χ3n) is 4.44. The lowest BCUT2D eigenvalue weighted by atomic mass is 9.87. The standard InChI is InChI=1S/C20H24N2O2S/c1-19(2,3)13-6-8-14(9-7-13)25-15-10-11-17-16(12-15)18(21)22-20(17,23-4)24-5/h6-12H,1-5H3,(H2,21,22). The number of nitrogens with one attached hydrogen (secondary N) is 2. The van der Waals surface area contributed by atoms with Gasteiger partial charge in [0, 0.05) is 35.1 Å². The van der Waals surface area contributed by atoms with E-state index in [-0.39, 0.29) is 5.41 Å². The highest BCUT2D eigenvalue weighted by molar-refractivity contribution is 7.99. The van der Waals surface area contributed by atoms with E-state index in [4.69, 9.17) is 14.9 Å². The highest BCUT2D eigenvalue weighted by Gasteiger charge is 2.42. The average molecular weight is 356 g/mol. The Morgan fingerprint density at radius 3 is 2.12 bits per heavy atom. The van der Waals surface area contributed by atoms with Crippen LogP contribution in [0.5, 0.6) is 0 Å². The predicted molar refractivity (Wildman–Crippen MR) is 101 cm³/mol. The largest absolute Gasteiger partial charge is 0.332 e. The molecular formula is C20H24N2O2S. The molecule has 4 nitrogen and oxygen atoms in total. The molecule has 2 aromatic carbocycles. The number of hydrogen-bond acceptors (Lipinski definition) is 4. The van der Waals surface area contributed by atoms with Gasteiger partial charge < -0.3 is 14.8 Å². The van der Waals surface area contributed by atoms with E-state index in [0.717, 1.165) is 16.0 Å². The summed E-state index contributed by atoms with van der Waals surface area (Å²) in [5.41, 5.74) is 3.11. The van der Waals surface area contributed by atoms with Crippen molar-refractivity contribution in [3.8, 4) is 0 Å². The minimum Gasteiger partial charge on any atom is -0.332 e. The van der Waals surface area contributed by atoms with Crippen LogP contribution in [0.1, 0.15) is 37.5 Å². The summed E-state index contributed by atoms with van der Waals surface area (Å²) in [6.07, 6.45) is 0. The van der Waals surface area contributed by atoms with E-state index in [2.05, 4.69) is 50.4 Å². The van der Waals surface area contributed by atoms with Gasteiger partial charge in [0.1, 0.15) is 5.84 Å². The van der Waals surface area contributed by atoms with E-state index >= 15 is 0 Å². The summed E-state index contributed by atoms with van der Waals surface area (Å²) in [6.45, 7) is 6.64. The lowest BCUT2D eigenvalue weighted by Crippen LogP contribution is -2.42. The first-order chi connectivity index (χ1) is 11.8. The van der Waals surface area contributed by atoms with Crippen LogP contribution in [0, 0.1) is 5.41 Å². The Morgan fingerprint density at radius 1 is 0.960 bits per heavy atom. The molecule has 132 valence electrons. The molecule has 0 radical (unpaired) electrons. The van der Waals surface area contributed by atoms with Gasteiger partial charge in [0.25, 0.3) is 5.91 Å². The van der Waals surface area contributed by atoms with Gasteiger partial charge in [0.2, 0.25) is 0 Å². The van der Waals surface area contributed by atoms with Crippen molar-refractivity contribution in [1.29, 1.82) is 5.41 Å². The molecule has 0 fully saturated rings. The number of ether oxygens (including phenoxy) is 2. The van der Waals surface area contributed by atoms with Gasteiger partial charge in [-0.3, -0.25) is 5.41 Å². The van der Waals surface area contributed by atoms with Gasteiger partial charge in [0.05, 0.1) is 0 Å². The average Bonchev–Trinajstić information content (AvgIpc) is 2.87. The Morgan fingerprint density at radius 2 is 1.56 bits per heavy atom. The summed E-state index contributed by atoms with van der Waals surface area (Å²) in [5, 5.41) is 11.2. The first-order valence-corrected chi connectivity index (χ1v) is 9.01. The van der Waals surface area contributed by atoms with Gasteiger partial charge in [-0.05, 0) is 41.3 Å². The molecule has 5 heteroatoms. The zero-order chi connectivity index (χ0) is 18.2. The molecule has 25 heavy (non-hydrogen) atoms. The van der Waals surface area contributed by atoms with E-state index in [1.807, 2.05) is 18.2 Å². The molecule has 0 bridgehead atoms. The Hall–Kier alpha value is -1.82. The monoisotopic (exact) mass is 356 g/mol. The molecule has 2 N–H and O–H groups in total. The first-order valence-electron chi connectivity index (χ1n) is 8.19. The molecule has 0 saturated heterocycles. The molecular weight excluding hydrogens is 332 g/mol. The SMILES string of the molecule is COC1(OC)NC(=N)c2cc(Sc3ccc(C(C)(C)C)cc3)ccc21.